The van der Waals surface area contributed by atoms with Crippen molar-refractivity contribution in [2.75, 3.05) is 26.4 Å². The highest BCUT2D eigenvalue weighted by Gasteiger charge is 2.32. The van der Waals surface area contributed by atoms with Crippen molar-refractivity contribution in [1.82, 2.24) is 19.8 Å². The summed E-state index contributed by atoms with van der Waals surface area (Å²) >= 11 is 0. The average Bonchev–Trinajstić information content (AvgIpc) is 3.41. The standard InChI is InChI=1S/C21H22N4O5/c1-12(26)24-7-5-15-16(10-24)22-19(23-20(15)27)14-4-6-25(9-14)21(28)13-2-3-17-18(8-13)30-11-29-17/h2-3,8,14H,4-7,9-11H2,1H3,(H,22,23,27)/t14-/m0/s1. The SMILES string of the molecule is CC(=O)N1CCc2c(nc([C@H]3CCN(C(=O)c4ccc5c(c4)OCO5)C3)[nH]c2=O)C1. The van der Waals surface area contributed by atoms with Crippen LogP contribution in [0.5, 0.6) is 11.5 Å². The Bertz CT molecular complexity index is 1100. The fraction of sp³-hybridized carbons (Fsp3) is 0.429. The summed E-state index contributed by atoms with van der Waals surface area (Å²) < 4.78 is 10.7. The maximum atomic E-state index is 12.9. The number of nitrogens with zero attached hydrogens (tertiary/aromatic N) is 3. The first kappa shape index (κ1) is 18.7. The monoisotopic (exact) mass is 410 g/mol. The van der Waals surface area contributed by atoms with Crippen molar-refractivity contribution in [1.29, 1.82) is 0 Å². The number of fused-ring (bicyclic) bond motifs is 2. The lowest BCUT2D eigenvalue weighted by Gasteiger charge is -2.27. The molecule has 9 heteroatoms. The Balaban J connectivity index is 1.34. The first-order valence-corrected chi connectivity index (χ1v) is 10.1. The van der Waals surface area contributed by atoms with E-state index in [2.05, 4.69) is 9.97 Å². The van der Waals surface area contributed by atoms with Gasteiger partial charge in [-0.1, -0.05) is 0 Å². The zero-order valence-corrected chi connectivity index (χ0v) is 16.6. The number of aromatic nitrogens is 2. The number of carbonyl (C=O) groups excluding carboxylic acids is 2. The predicted octanol–water partition coefficient (Wildman–Crippen LogP) is 1.03. The summed E-state index contributed by atoms with van der Waals surface area (Å²) in [7, 11) is 0. The van der Waals surface area contributed by atoms with Crippen LogP contribution in [0.15, 0.2) is 23.0 Å². The molecule has 1 atom stereocenters. The van der Waals surface area contributed by atoms with E-state index in [1.807, 2.05) is 0 Å². The van der Waals surface area contributed by atoms with Gasteiger partial charge in [0.25, 0.3) is 11.5 Å². The molecule has 1 fully saturated rings. The van der Waals surface area contributed by atoms with E-state index in [0.29, 0.717) is 73.2 Å². The Morgan fingerprint density at radius 2 is 2.00 bits per heavy atom. The number of rotatable bonds is 2. The molecule has 5 rings (SSSR count). The van der Waals surface area contributed by atoms with Gasteiger partial charge in [-0.2, -0.15) is 0 Å². The molecule has 1 aromatic heterocycles. The number of ether oxygens (including phenoxy) is 2. The smallest absolute Gasteiger partial charge is 0.254 e. The van der Waals surface area contributed by atoms with Crippen molar-refractivity contribution >= 4 is 11.8 Å². The number of amides is 2. The molecule has 1 N–H and O–H groups in total. The van der Waals surface area contributed by atoms with E-state index in [4.69, 9.17) is 9.47 Å². The molecule has 2 aromatic rings. The number of carbonyl (C=O) groups is 2. The molecular formula is C21H22N4O5. The summed E-state index contributed by atoms with van der Waals surface area (Å²) in [5.41, 5.74) is 1.72. The first-order chi connectivity index (χ1) is 14.5. The number of aromatic amines is 1. The minimum absolute atomic E-state index is 0.0226. The molecule has 0 saturated carbocycles. The maximum absolute atomic E-state index is 12.9. The van der Waals surface area contributed by atoms with Gasteiger partial charge in [-0.05, 0) is 31.0 Å². The summed E-state index contributed by atoms with van der Waals surface area (Å²) in [6.45, 7) is 3.64. The number of likely N-dealkylation sites (tertiary alicyclic amines) is 1. The molecule has 3 aliphatic heterocycles. The van der Waals surface area contributed by atoms with Gasteiger partial charge in [0.15, 0.2) is 11.5 Å². The second-order valence-corrected chi connectivity index (χ2v) is 7.87. The molecule has 0 bridgehead atoms. The molecule has 0 aliphatic carbocycles. The van der Waals surface area contributed by atoms with Gasteiger partial charge < -0.3 is 24.3 Å². The van der Waals surface area contributed by atoms with Crippen molar-refractivity contribution in [2.24, 2.45) is 0 Å². The van der Waals surface area contributed by atoms with Crippen LogP contribution in [0.1, 0.15) is 46.7 Å². The van der Waals surface area contributed by atoms with E-state index < -0.39 is 0 Å². The molecular weight excluding hydrogens is 388 g/mol. The molecule has 3 aliphatic rings. The van der Waals surface area contributed by atoms with Crippen LogP contribution in [0.3, 0.4) is 0 Å². The molecule has 0 unspecified atom stereocenters. The van der Waals surface area contributed by atoms with E-state index in [1.54, 1.807) is 28.0 Å². The minimum atomic E-state index is -0.140. The maximum Gasteiger partial charge on any atom is 0.254 e. The number of hydrogen-bond acceptors (Lipinski definition) is 6. The van der Waals surface area contributed by atoms with Gasteiger partial charge in [-0.3, -0.25) is 14.4 Å². The van der Waals surface area contributed by atoms with Crippen molar-refractivity contribution in [3.63, 3.8) is 0 Å². The highest BCUT2D eigenvalue weighted by molar-refractivity contribution is 5.95. The van der Waals surface area contributed by atoms with Crippen LogP contribution in [0.25, 0.3) is 0 Å². The lowest BCUT2D eigenvalue weighted by molar-refractivity contribution is -0.129. The van der Waals surface area contributed by atoms with E-state index in [1.165, 1.54) is 6.92 Å². The molecule has 1 aromatic carbocycles. The molecule has 9 nitrogen and oxygen atoms in total. The van der Waals surface area contributed by atoms with Gasteiger partial charge in [0, 0.05) is 43.6 Å². The third-order valence-corrected chi connectivity index (χ3v) is 6.02. The summed E-state index contributed by atoms with van der Waals surface area (Å²) in [6.07, 6.45) is 1.23. The van der Waals surface area contributed by atoms with Crippen molar-refractivity contribution < 1.29 is 19.1 Å². The Kier molecular flexibility index (Phi) is 4.45. The van der Waals surface area contributed by atoms with Crippen molar-refractivity contribution in [3.05, 3.63) is 51.2 Å². The Morgan fingerprint density at radius 3 is 2.83 bits per heavy atom. The largest absolute Gasteiger partial charge is 0.454 e. The molecule has 0 radical (unpaired) electrons. The van der Waals surface area contributed by atoms with Crippen LogP contribution in [-0.4, -0.2) is 58.0 Å². The molecule has 2 amide bonds. The van der Waals surface area contributed by atoms with Gasteiger partial charge in [0.1, 0.15) is 5.82 Å². The summed E-state index contributed by atoms with van der Waals surface area (Å²) in [5.74, 6) is 1.65. The van der Waals surface area contributed by atoms with Crippen molar-refractivity contribution in [2.45, 2.75) is 32.2 Å². The zero-order chi connectivity index (χ0) is 20.8. The Hall–Kier alpha value is -3.36. The first-order valence-electron chi connectivity index (χ1n) is 10.1. The number of H-pyrrole nitrogens is 1. The van der Waals surface area contributed by atoms with E-state index >= 15 is 0 Å². The fourth-order valence-electron chi connectivity index (χ4n) is 4.30. The lowest BCUT2D eigenvalue weighted by atomic mass is 10.0. The second kappa shape index (κ2) is 7.16. The topological polar surface area (TPSA) is 105 Å². The number of benzene rings is 1. The molecule has 0 spiro atoms. The highest BCUT2D eigenvalue weighted by Crippen LogP contribution is 2.34. The average molecular weight is 410 g/mol. The molecule has 156 valence electrons. The fourth-order valence-corrected chi connectivity index (χ4v) is 4.30. The van der Waals surface area contributed by atoms with Gasteiger partial charge in [-0.25, -0.2) is 4.98 Å². The van der Waals surface area contributed by atoms with Gasteiger partial charge in [-0.15, -0.1) is 0 Å². The van der Waals surface area contributed by atoms with Gasteiger partial charge in [0.05, 0.1) is 12.2 Å². The van der Waals surface area contributed by atoms with Crippen LogP contribution in [-0.2, 0) is 17.8 Å². The van der Waals surface area contributed by atoms with Crippen LogP contribution in [0.2, 0.25) is 0 Å². The van der Waals surface area contributed by atoms with E-state index in [-0.39, 0.29) is 30.1 Å². The Morgan fingerprint density at radius 1 is 1.17 bits per heavy atom. The molecule has 30 heavy (non-hydrogen) atoms. The van der Waals surface area contributed by atoms with Gasteiger partial charge in [0.2, 0.25) is 12.7 Å². The highest BCUT2D eigenvalue weighted by atomic mass is 16.7. The second-order valence-electron chi connectivity index (χ2n) is 7.87. The number of hydrogen-bond donors (Lipinski definition) is 1. The molecule has 1 saturated heterocycles. The van der Waals surface area contributed by atoms with Crippen LogP contribution in [0, 0.1) is 0 Å². The number of nitrogens with one attached hydrogen (secondary N) is 1. The minimum Gasteiger partial charge on any atom is -0.454 e. The van der Waals surface area contributed by atoms with Crippen LogP contribution >= 0.6 is 0 Å². The third kappa shape index (κ3) is 3.20. The zero-order valence-electron chi connectivity index (χ0n) is 16.6. The van der Waals surface area contributed by atoms with Gasteiger partial charge >= 0.3 is 0 Å². The van der Waals surface area contributed by atoms with Crippen LogP contribution in [0.4, 0.5) is 0 Å². The Labute approximate surface area is 172 Å². The third-order valence-electron chi connectivity index (χ3n) is 6.02. The molecule has 4 heterocycles. The summed E-state index contributed by atoms with van der Waals surface area (Å²) in [5, 5.41) is 0. The van der Waals surface area contributed by atoms with E-state index in [0.717, 1.165) is 0 Å². The lowest BCUT2D eigenvalue weighted by Crippen LogP contribution is -2.38. The van der Waals surface area contributed by atoms with E-state index in [9.17, 15) is 14.4 Å². The summed E-state index contributed by atoms with van der Waals surface area (Å²) in [4.78, 5) is 48.3. The van der Waals surface area contributed by atoms with Crippen LogP contribution < -0.4 is 15.0 Å². The predicted molar refractivity (Wildman–Crippen MR) is 105 cm³/mol. The van der Waals surface area contributed by atoms with Crippen molar-refractivity contribution in [3.8, 4) is 11.5 Å². The summed E-state index contributed by atoms with van der Waals surface area (Å²) in [6, 6.07) is 5.18. The normalized spacial score (nSPS) is 19.7. The quantitative estimate of drug-likeness (QED) is 0.793.